The van der Waals surface area contributed by atoms with Gasteiger partial charge in [0.25, 0.3) is 0 Å². The lowest BCUT2D eigenvalue weighted by Crippen LogP contribution is -2.24. The van der Waals surface area contributed by atoms with Crippen LogP contribution in [0.5, 0.6) is 0 Å². The molecule has 0 saturated carbocycles. The van der Waals surface area contributed by atoms with Crippen LogP contribution in [0.1, 0.15) is 23.1 Å². The van der Waals surface area contributed by atoms with Gasteiger partial charge in [-0.15, -0.1) is 0 Å². The highest BCUT2D eigenvalue weighted by molar-refractivity contribution is 7.89. The zero-order chi connectivity index (χ0) is 20.0. The van der Waals surface area contributed by atoms with Crippen molar-refractivity contribution in [3.05, 3.63) is 83.7 Å². The molecule has 2 aromatic carbocycles. The van der Waals surface area contributed by atoms with Gasteiger partial charge in [0.05, 0.1) is 11.4 Å². The van der Waals surface area contributed by atoms with Gasteiger partial charge in [0.15, 0.2) is 0 Å². The summed E-state index contributed by atoms with van der Waals surface area (Å²) in [5.41, 5.74) is 3.02. The number of hydrogen-bond acceptors (Lipinski definition) is 4. The van der Waals surface area contributed by atoms with Crippen LogP contribution in [-0.2, 0) is 34.3 Å². The van der Waals surface area contributed by atoms with Crippen LogP contribution < -0.4 is 10.5 Å². The number of nitrogens with two attached hydrogens (primary N) is 1. The van der Waals surface area contributed by atoms with E-state index in [1.54, 1.807) is 18.3 Å². The minimum Gasteiger partial charge on any atom is -0.352 e. The molecule has 0 fully saturated rings. The molecule has 1 aromatic heterocycles. The molecule has 1 amide bonds. The van der Waals surface area contributed by atoms with Gasteiger partial charge >= 0.3 is 0 Å². The Labute approximate surface area is 164 Å². The van der Waals surface area contributed by atoms with Gasteiger partial charge in [-0.3, -0.25) is 9.48 Å². The number of aryl methyl sites for hydroxylation is 1. The molecule has 0 radical (unpaired) electrons. The second kappa shape index (κ2) is 8.81. The zero-order valence-corrected chi connectivity index (χ0v) is 16.1. The van der Waals surface area contributed by atoms with E-state index in [1.807, 2.05) is 41.2 Å². The SMILES string of the molecule is NS(=O)(=O)c1ccc(CCC(=O)NCc2ccccc2Cn2cccn2)cc1. The quantitative estimate of drug-likeness (QED) is 0.603. The van der Waals surface area contributed by atoms with Gasteiger partial charge in [0.2, 0.25) is 15.9 Å². The molecule has 0 spiro atoms. The number of carbonyl (C=O) groups excluding carboxylic acids is 1. The molecule has 3 aromatic rings. The number of hydrogen-bond donors (Lipinski definition) is 2. The van der Waals surface area contributed by atoms with Gasteiger partial charge < -0.3 is 5.32 Å². The van der Waals surface area contributed by atoms with Crippen LogP contribution >= 0.6 is 0 Å². The molecular weight excluding hydrogens is 376 g/mol. The van der Waals surface area contributed by atoms with Crippen LogP contribution in [0, 0.1) is 0 Å². The highest BCUT2D eigenvalue weighted by Gasteiger charge is 2.09. The predicted octanol–water partition coefficient (Wildman–Crippen LogP) is 1.83. The monoisotopic (exact) mass is 398 g/mol. The summed E-state index contributed by atoms with van der Waals surface area (Å²) in [7, 11) is -3.70. The van der Waals surface area contributed by atoms with Crippen molar-refractivity contribution < 1.29 is 13.2 Å². The molecule has 146 valence electrons. The van der Waals surface area contributed by atoms with Gasteiger partial charge in [0, 0.05) is 25.4 Å². The minimum absolute atomic E-state index is 0.0643. The largest absolute Gasteiger partial charge is 0.352 e. The molecular formula is C20H22N4O3S. The number of sulfonamides is 1. The highest BCUT2D eigenvalue weighted by atomic mass is 32.2. The zero-order valence-electron chi connectivity index (χ0n) is 15.3. The fourth-order valence-electron chi connectivity index (χ4n) is 2.84. The number of aromatic nitrogens is 2. The van der Waals surface area contributed by atoms with Crippen molar-refractivity contribution in [2.24, 2.45) is 5.14 Å². The first-order valence-electron chi connectivity index (χ1n) is 8.84. The second-order valence-corrected chi connectivity index (χ2v) is 8.00. The summed E-state index contributed by atoms with van der Waals surface area (Å²) < 4.78 is 24.4. The molecule has 1 heterocycles. The Morgan fingerprint density at radius 2 is 1.75 bits per heavy atom. The number of rotatable bonds is 8. The van der Waals surface area contributed by atoms with Gasteiger partial charge in [-0.2, -0.15) is 5.10 Å². The number of primary sulfonamides is 1. The van der Waals surface area contributed by atoms with Crippen LogP contribution in [-0.4, -0.2) is 24.1 Å². The van der Waals surface area contributed by atoms with E-state index in [-0.39, 0.29) is 10.8 Å². The van der Waals surface area contributed by atoms with E-state index in [0.717, 1.165) is 16.7 Å². The third kappa shape index (κ3) is 5.51. The van der Waals surface area contributed by atoms with Crippen molar-refractivity contribution in [2.75, 3.05) is 0 Å². The van der Waals surface area contributed by atoms with E-state index in [2.05, 4.69) is 10.4 Å². The molecule has 0 saturated heterocycles. The van der Waals surface area contributed by atoms with Crippen molar-refractivity contribution in [3.8, 4) is 0 Å². The van der Waals surface area contributed by atoms with Gasteiger partial charge in [0.1, 0.15) is 0 Å². The fourth-order valence-corrected chi connectivity index (χ4v) is 3.35. The maximum atomic E-state index is 12.2. The Morgan fingerprint density at radius 1 is 1.04 bits per heavy atom. The van der Waals surface area contributed by atoms with E-state index < -0.39 is 10.0 Å². The molecule has 0 aliphatic heterocycles. The van der Waals surface area contributed by atoms with E-state index in [9.17, 15) is 13.2 Å². The Morgan fingerprint density at radius 3 is 2.39 bits per heavy atom. The Balaban J connectivity index is 1.52. The maximum absolute atomic E-state index is 12.2. The van der Waals surface area contributed by atoms with Gasteiger partial charge in [-0.1, -0.05) is 36.4 Å². The lowest BCUT2D eigenvalue weighted by atomic mass is 10.1. The number of carbonyl (C=O) groups is 1. The summed E-state index contributed by atoms with van der Waals surface area (Å²) in [5, 5.41) is 12.2. The first kappa shape index (κ1) is 19.8. The van der Waals surface area contributed by atoms with Crippen molar-refractivity contribution in [3.63, 3.8) is 0 Å². The Bertz CT molecular complexity index is 1030. The predicted molar refractivity (Wildman–Crippen MR) is 106 cm³/mol. The normalized spacial score (nSPS) is 11.3. The van der Waals surface area contributed by atoms with E-state index in [0.29, 0.717) is 25.9 Å². The van der Waals surface area contributed by atoms with Crippen molar-refractivity contribution in [1.29, 1.82) is 0 Å². The average molecular weight is 398 g/mol. The standard InChI is InChI=1S/C20H22N4O3S/c21-28(26,27)19-9-6-16(7-10-19)8-11-20(25)22-14-17-4-1-2-5-18(17)15-24-13-3-12-23-24/h1-7,9-10,12-13H,8,11,14-15H2,(H,22,25)(H2,21,26,27). The molecule has 0 bridgehead atoms. The van der Waals surface area contributed by atoms with E-state index in [1.165, 1.54) is 12.1 Å². The fraction of sp³-hybridized carbons (Fsp3) is 0.200. The molecule has 28 heavy (non-hydrogen) atoms. The molecule has 0 aliphatic carbocycles. The molecule has 7 nitrogen and oxygen atoms in total. The molecule has 0 aliphatic rings. The smallest absolute Gasteiger partial charge is 0.238 e. The molecule has 3 rings (SSSR count). The highest BCUT2D eigenvalue weighted by Crippen LogP contribution is 2.12. The summed E-state index contributed by atoms with van der Waals surface area (Å²) in [5.74, 6) is -0.0654. The first-order chi connectivity index (χ1) is 13.4. The van der Waals surface area contributed by atoms with Crippen LogP contribution in [0.3, 0.4) is 0 Å². The second-order valence-electron chi connectivity index (χ2n) is 6.44. The minimum atomic E-state index is -3.70. The van der Waals surface area contributed by atoms with Crippen molar-refractivity contribution >= 4 is 15.9 Å². The number of nitrogens with zero attached hydrogens (tertiary/aromatic N) is 2. The van der Waals surface area contributed by atoms with Crippen molar-refractivity contribution in [1.82, 2.24) is 15.1 Å². The maximum Gasteiger partial charge on any atom is 0.238 e. The molecule has 8 heteroatoms. The summed E-state index contributed by atoms with van der Waals surface area (Å²) in [6, 6.07) is 16.1. The van der Waals surface area contributed by atoms with Gasteiger partial charge in [-0.05, 0) is 41.3 Å². The Hall–Kier alpha value is -2.97. The van der Waals surface area contributed by atoms with E-state index >= 15 is 0 Å². The first-order valence-corrected chi connectivity index (χ1v) is 10.4. The van der Waals surface area contributed by atoms with Crippen molar-refractivity contribution in [2.45, 2.75) is 30.8 Å². The molecule has 3 N–H and O–H groups in total. The lowest BCUT2D eigenvalue weighted by molar-refractivity contribution is -0.121. The lowest BCUT2D eigenvalue weighted by Gasteiger charge is -2.11. The summed E-state index contributed by atoms with van der Waals surface area (Å²) in [4.78, 5) is 12.3. The number of amides is 1. The molecule has 0 unspecified atom stereocenters. The summed E-state index contributed by atoms with van der Waals surface area (Å²) >= 11 is 0. The van der Waals surface area contributed by atoms with E-state index in [4.69, 9.17) is 5.14 Å². The number of benzene rings is 2. The van der Waals surface area contributed by atoms with Crippen LogP contribution in [0.4, 0.5) is 0 Å². The van der Waals surface area contributed by atoms with Crippen LogP contribution in [0.2, 0.25) is 0 Å². The third-order valence-corrected chi connectivity index (χ3v) is 5.31. The number of nitrogens with one attached hydrogen (secondary N) is 1. The van der Waals surface area contributed by atoms with Gasteiger partial charge in [-0.25, -0.2) is 13.6 Å². The third-order valence-electron chi connectivity index (χ3n) is 4.38. The summed E-state index contributed by atoms with van der Waals surface area (Å²) in [6.07, 6.45) is 4.47. The van der Waals surface area contributed by atoms with Crippen LogP contribution in [0.15, 0.2) is 71.9 Å². The summed E-state index contributed by atoms with van der Waals surface area (Å²) in [6.45, 7) is 1.09. The molecule has 0 atom stereocenters. The van der Waals surface area contributed by atoms with Crippen LogP contribution in [0.25, 0.3) is 0 Å². The topological polar surface area (TPSA) is 107 Å². The Kier molecular flexibility index (Phi) is 6.23. The average Bonchev–Trinajstić information content (AvgIpc) is 3.18.